The number of ether oxygens (including phenoxy) is 1. The van der Waals surface area contributed by atoms with Gasteiger partial charge in [-0.15, -0.1) is 0 Å². The molecule has 35 heavy (non-hydrogen) atoms. The molecule has 1 saturated heterocycles. The van der Waals surface area contributed by atoms with Crippen molar-refractivity contribution in [2.75, 3.05) is 39.0 Å². The van der Waals surface area contributed by atoms with Gasteiger partial charge in [0.05, 0.1) is 24.6 Å². The van der Waals surface area contributed by atoms with Crippen LogP contribution in [0.15, 0.2) is 36.5 Å². The SMILES string of the molecule is CC(C)(C)OC(=O)N1CCN(C2c3ccc(Cl)cc3C=C(COS(C)(=O)=O)c3cccnc32)CC1. The Morgan fingerprint density at radius 3 is 2.54 bits per heavy atom. The highest BCUT2D eigenvalue weighted by molar-refractivity contribution is 7.86. The second-order valence-corrected chi connectivity index (χ2v) is 11.8. The van der Waals surface area contributed by atoms with Gasteiger partial charge in [0, 0.05) is 43.0 Å². The van der Waals surface area contributed by atoms with Crippen molar-refractivity contribution in [3.63, 3.8) is 0 Å². The first-order valence-electron chi connectivity index (χ1n) is 11.4. The fraction of sp³-hybridized carbons (Fsp3) is 0.440. The van der Waals surface area contributed by atoms with E-state index in [2.05, 4.69) is 4.90 Å². The van der Waals surface area contributed by atoms with E-state index in [1.165, 1.54) is 0 Å². The zero-order valence-corrected chi connectivity index (χ0v) is 21.9. The van der Waals surface area contributed by atoms with Crippen molar-refractivity contribution in [2.45, 2.75) is 32.4 Å². The Balaban J connectivity index is 1.68. The summed E-state index contributed by atoms with van der Waals surface area (Å²) in [5.41, 5.74) is 3.67. The lowest BCUT2D eigenvalue weighted by Gasteiger charge is -2.40. The van der Waals surface area contributed by atoms with Gasteiger partial charge in [-0.3, -0.25) is 14.1 Å². The number of pyridine rings is 1. The molecule has 1 aliphatic heterocycles. The largest absolute Gasteiger partial charge is 0.444 e. The number of rotatable bonds is 4. The molecular formula is C25H30ClN3O5S. The van der Waals surface area contributed by atoms with E-state index in [1.54, 1.807) is 11.1 Å². The summed E-state index contributed by atoms with van der Waals surface area (Å²) in [6.07, 6.45) is 4.38. The summed E-state index contributed by atoms with van der Waals surface area (Å²) >= 11 is 6.34. The molecule has 2 aromatic rings. The number of aromatic nitrogens is 1. The summed E-state index contributed by atoms with van der Waals surface area (Å²) in [5.74, 6) is 0. The minimum absolute atomic E-state index is 0.109. The van der Waals surface area contributed by atoms with E-state index >= 15 is 0 Å². The third kappa shape index (κ3) is 6.22. The van der Waals surface area contributed by atoms with Gasteiger partial charge in [0.15, 0.2) is 0 Å². The fourth-order valence-corrected chi connectivity index (χ4v) is 4.91. The summed E-state index contributed by atoms with van der Waals surface area (Å²) in [4.78, 5) is 21.3. The molecule has 1 fully saturated rings. The number of carbonyl (C=O) groups excluding carboxylic acids is 1. The van der Waals surface area contributed by atoms with E-state index < -0.39 is 15.7 Å². The number of amides is 1. The normalized spacial score (nSPS) is 18.8. The minimum atomic E-state index is -3.63. The zero-order chi connectivity index (χ0) is 25.4. The number of hydrogen-bond donors (Lipinski definition) is 0. The molecular weight excluding hydrogens is 490 g/mol. The van der Waals surface area contributed by atoms with Crippen molar-refractivity contribution in [3.05, 3.63) is 63.9 Å². The number of hydrogen-bond acceptors (Lipinski definition) is 7. The van der Waals surface area contributed by atoms with Crippen LogP contribution in [0, 0.1) is 0 Å². The van der Waals surface area contributed by atoms with Crippen LogP contribution < -0.4 is 0 Å². The number of nitrogens with zero attached hydrogens (tertiary/aromatic N) is 3. The molecule has 0 saturated carbocycles. The Labute approximate surface area is 211 Å². The monoisotopic (exact) mass is 519 g/mol. The van der Waals surface area contributed by atoms with Crippen LogP contribution in [-0.2, 0) is 19.0 Å². The number of piperazine rings is 1. The van der Waals surface area contributed by atoms with Gasteiger partial charge in [-0.05, 0) is 61.7 Å². The smallest absolute Gasteiger partial charge is 0.410 e. The first kappa shape index (κ1) is 25.6. The van der Waals surface area contributed by atoms with Gasteiger partial charge < -0.3 is 9.64 Å². The molecule has 2 aliphatic rings. The van der Waals surface area contributed by atoms with Crippen LogP contribution in [0.5, 0.6) is 0 Å². The molecule has 1 aromatic heterocycles. The van der Waals surface area contributed by atoms with Crippen LogP contribution >= 0.6 is 11.6 Å². The lowest BCUT2D eigenvalue weighted by Crippen LogP contribution is -2.51. The van der Waals surface area contributed by atoms with Crippen molar-refractivity contribution in [1.82, 2.24) is 14.8 Å². The third-order valence-electron chi connectivity index (χ3n) is 5.88. The van der Waals surface area contributed by atoms with Crippen molar-refractivity contribution in [2.24, 2.45) is 0 Å². The lowest BCUT2D eigenvalue weighted by atomic mass is 9.95. The van der Waals surface area contributed by atoms with E-state index in [4.69, 9.17) is 25.5 Å². The van der Waals surface area contributed by atoms with Gasteiger partial charge in [-0.2, -0.15) is 8.42 Å². The molecule has 0 radical (unpaired) electrons. The molecule has 8 nitrogen and oxygen atoms in total. The van der Waals surface area contributed by atoms with Gasteiger partial charge in [-0.25, -0.2) is 4.79 Å². The van der Waals surface area contributed by atoms with E-state index in [-0.39, 0.29) is 18.7 Å². The van der Waals surface area contributed by atoms with Gasteiger partial charge in [-0.1, -0.05) is 23.7 Å². The Kier molecular flexibility index (Phi) is 7.24. The number of fused-ring (bicyclic) bond motifs is 2. The first-order chi connectivity index (χ1) is 16.4. The third-order valence-corrected chi connectivity index (χ3v) is 6.66. The molecule has 0 bridgehead atoms. The maximum Gasteiger partial charge on any atom is 0.410 e. The van der Waals surface area contributed by atoms with E-state index in [0.717, 1.165) is 28.6 Å². The minimum Gasteiger partial charge on any atom is -0.444 e. The fourth-order valence-electron chi connectivity index (χ4n) is 4.39. The average Bonchev–Trinajstić information content (AvgIpc) is 2.90. The van der Waals surface area contributed by atoms with Gasteiger partial charge in [0.1, 0.15) is 5.60 Å². The highest BCUT2D eigenvalue weighted by atomic mass is 35.5. The summed E-state index contributed by atoms with van der Waals surface area (Å²) in [7, 11) is -3.63. The molecule has 1 aliphatic carbocycles. The average molecular weight is 520 g/mol. The molecule has 1 atom stereocenters. The number of benzene rings is 1. The van der Waals surface area contributed by atoms with Crippen molar-refractivity contribution in [1.29, 1.82) is 0 Å². The van der Waals surface area contributed by atoms with Crippen LogP contribution in [0.3, 0.4) is 0 Å². The molecule has 2 heterocycles. The Morgan fingerprint density at radius 1 is 1.17 bits per heavy atom. The molecule has 1 aromatic carbocycles. The van der Waals surface area contributed by atoms with Crippen molar-refractivity contribution >= 4 is 39.5 Å². The van der Waals surface area contributed by atoms with Gasteiger partial charge in [0.25, 0.3) is 10.1 Å². The van der Waals surface area contributed by atoms with E-state index in [9.17, 15) is 13.2 Å². The predicted octanol–water partition coefficient (Wildman–Crippen LogP) is 4.21. The predicted molar refractivity (Wildman–Crippen MR) is 136 cm³/mol. The summed E-state index contributed by atoms with van der Waals surface area (Å²) in [6, 6.07) is 9.25. The molecule has 4 rings (SSSR count). The number of halogens is 1. The summed E-state index contributed by atoms with van der Waals surface area (Å²) < 4.78 is 34.1. The van der Waals surface area contributed by atoms with E-state index in [1.807, 2.05) is 57.2 Å². The first-order valence-corrected chi connectivity index (χ1v) is 13.6. The molecule has 10 heteroatoms. The molecule has 188 valence electrons. The van der Waals surface area contributed by atoms with Gasteiger partial charge >= 0.3 is 6.09 Å². The van der Waals surface area contributed by atoms with Crippen LogP contribution in [0.25, 0.3) is 11.6 Å². The standard InChI is InChI=1S/C25H30ClN3O5S/c1-25(2,3)34-24(30)29-12-10-28(11-13-29)23-21-8-7-19(26)15-17(21)14-18(16-33-35(4,31)32)20-6-5-9-27-22(20)23/h5-9,14-15,23H,10-13,16H2,1-4H3. The highest BCUT2D eigenvalue weighted by Gasteiger charge is 2.34. The maximum atomic E-state index is 12.6. The Hall–Kier alpha value is -2.46. The van der Waals surface area contributed by atoms with Crippen molar-refractivity contribution < 1.29 is 22.1 Å². The van der Waals surface area contributed by atoms with Crippen molar-refractivity contribution in [3.8, 4) is 0 Å². The van der Waals surface area contributed by atoms with Crippen LogP contribution in [0.1, 0.15) is 49.2 Å². The summed E-state index contributed by atoms with van der Waals surface area (Å²) in [6.45, 7) is 7.75. The maximum absolute atomic E-state index is 12.6. The van der Waals surface area contributed by atoms with Crippen LogP contribution in [-0.4, -0.2) is 73.9 Å². The Bertz CT molecular complexity index is 1250. The lowest BCUT2D eigenvalue weighted by molar-refractivity contribution is 0.0118. The quantitative estimate of drug-likeness (QED) is 0.559. The number of carbonyl (C=O) groups is 1. The molecule has 0 N–H and O–H groups in total. The highest BCUT2D eigenvalue weighted by Crippen LogP contribution is 2.40. The topological polar surface area (TPSA) is 89.0 Å². The zero-order valence-electron chi connectivity index (χ0n) is 20.3. The molecule has 1 amide bonds. The van der Waals surface area contributed by atoms with Gasteiger partial charge in [0.2, 0.25) is 0 Å². The second-order valence-electron chi connectivity index (χ2n) is 9.75. The molecule has 1 unspecified atom stereocenters. The van der Waals surface area contributed by atoms with Crippen LogP contribution in [0.4, 0.5) is 4.79 Å². The van der Waals surface area contributed by atoms with Crippen LogP contribution in [0.2, 0.25) is 5.02 Å². The van der Waals surface area contributed by atoms with E-state index in [0.29, 0.717) is 36.8 Å². The second kappa shape index (κ2) is 9.89. The Morgan fingerprint density at radius 2 is 1.89 bits per heavy atom. The summed E-state index contributed by atoms with van der Waals surface area (Å²) in [5, 5.41) is 0.579. The molecule has 0 spiro atoms.